The fraction of sp³-hybridized carbons (Fsp3) is 0.0588. The largest absolute Gasteiger partial charge is 0.0622 e. The number of hydrogen-bond donors (Lipinski definition) is 0. The minimum atomic E-state index is -0.0873. The summed E-state index contributed by atoms with van der Waals surface area (Å²) in [6, 6.07) is 67.4. The zero-order valence-corrected chi connectivity index (χ0v) is 28.8. The van der Waals surface area contributed by atoms with E-state index in [1.165, 1.54) is 99.1 Å². The van der Waals surface area contributed by atoms with E-state index in [1.807, 2.05) is 0 Å². The number of fused-ring (bicyclic) bond motifs is 6. The lowest BCUT2D eigenvalue weighted by Gasteiger charge is -2.22. The SMILES string of the molecule is CC1(C)c2cc(-c3ccccc3)ccc2-c2ccc(-c3ccc(-c4c5ccccc5c(-c5ccc6ccccc6c5)c5ccccc45)cc3)cc21. The molecule has 0 atom stereocenters. The zero-order chi connectivity index (χ0) is 34.1. The van der Waals surface area contributed by atoms with Crippen LogP contribution in [0.3, 0.4) is 0 Å². The van der Waals surface area contributed by atoms with Gasteiger partial charge in [0.25, 0.3) is 0 Å². The third kappa shape index (κ3) is 4.68. The van der Waals surface area contributed by atoms with Crippen LogP contribution in [0.15, 0.2) is 182 Å². The van der Waals surface area contributed by atoms with Gasteiger partial charge in [-0.2, -0.15) is 0 Å². The van der Waals surface area contributed by atoms with Crippen LogP contribution in [0.25, 0.3) is 88.0 Å². The Morgan fingerprint density at radius 3 is 1.27 bits per heavy atom. The van der Waals surface area contributed by atoms with Crippen LogP contribution in [-0.2, 0) is 5.41 Å². The van der Waals surface area contributed by atoms with Gasteiger partial charge in [0.1, 0.15) is 0 Å². The Balaban J connectivity index is 1.06. The smallest absolute Gasteiger partial charge is 0.0159 e. The predicted octanol–water partition coefficient (Wildman–Crippen LogP) is 14.1. The van der Waals surface area contributed by atoms with Crippen LogP contribution in [-0.4, -0.2) is 0 Å². The normalized spacial score (nSPS) is 13.1. The van der Waals surface area contributed by atoms with Crippen molar-refractivity contribution in [3.63, 3.8) is 0 Å². The molecule has 0 saturated heterocycles. The molecule has 10 rings (SSSR count). The van der Waals surface area contributed by atoms with Gasteiger partial charge in [-0.25, -0.2) is 0 Å². The second-order valence-electron chi connectivity index (χ2n) is 14.5. The number of hydrogen-bond acceptors (Lipinski definition) is 0. The molecule has 0 fully saturated rings. The summed E-state index contributed by atoms with van der Waals surface area (Å²) >= 11 is 0. The lowest BCUT2D eigenvalue weighted by molar-refractivity contribution is 0.661. The van der Waals surface area contributed by atoms with Crippen molar-refractivity contribution in [1.29, 1.82) is 0 Å². The molecule has 0 bridgehead atoms. The van der Waals surface area contributed by atoms with Crippen molar-refractivity contribution in [3.05, 3.63) is 193 Å². The summed E-state index contributed by atoms with van der Waals surface area (Å²) in [7, 11) is 0. The van der Waals surface area contributed by atoms with E-state index in [0.717, 1.165) is 0 Å². The molecule has 0 aromatic heterocycles. The maximum Gasteiger partial charge on any atom is 0.0159 e. The van der Waals surface area contributed by atoms with Gasteiger partial charge < -0.3 is 0 Å². The van der Waals surface area contributed by atoms with E-state index in [2.05, 4.69) is 196 Å². The lowest BCUT2D eigenvalue weighted by Crippen LogP contribution is -2.15. The number of benzene rings is 9. The first kappa shape index (κ1) is 29.7. The van der Waals surface area contributed by atoms with Crippen molar-refractivity contribution in [3.8, 4) is 55.6 Å². The van der Waals surface area contributed by atoms with Gasteiger partial charge in [0, 0.05) is 5.41 Å². The van der Waals surface area contributed by atoms with Crippen LogP contribution in [0.5, 0.6) is 0 Å². The van der Waals surface area contributed by atoms with Crippen molar-refractivity contribution in [1.82, 2.24) is 0 Å². The lowest BCUT2D eigenvalue weighted by atomic mass is 9.80. The maximum absolute atomic E-state index is 2.43. The molecule has 9 aromatic rings. The Bertz CT molecular complexity index is 2740. The van der Waals surface area contributed by atoms with Gasteiger partial charge in [-0.15, -0.1) is 0 Å². The van der Waals surface area contributed by atoms with Crippen molar-refractivity contribution in [2.75, 3.05) is 0 Å². The second-order valence-corrected chi connectivity index (χ2v) is 14.5. The Hall–Kier alpha value is -6.24. The quantitative estimate of drug-likeness (QED) is 0.167. The van der Waals surface area contributed by atoms with Gasteiger partial charge in [0.05, 0.1) is 0 Å². The Morgan fingerprint density at radius 2 is 0.706 bits per heavy atom. The fourth-order valence-electron chi connectivity index (χ4n) is 8.65. The minimum Gasteiger partial charge on any atom is -0.0622 e. The van der Waals surface area contributed by atoms with Crippen molar-refractivity contribution < 1.29 is 0 Å². The summed E-state index contributed by atoms with van der Waals surface area (Å²) in [5.41, 5.74) is 15.5. The van der Waals surface area contributed by atoms with Crippen LogP contribution in [0.1, 0.15) is 25.0 Å². The zero-order valence-electron chi connectivity index (χ0n) is 28.8. The van der Waals surface area contributed by atoms with Crippen LogP contribution >= 0.6 is 0 Å². The van der Waals surface area contributed by atoms with Crippen molar-refractivity contribution in [2.45, 2.75) is 19.3 Å². The molecule has 0 unspecified atom stereocenters. The molecular formula is C51H36. The Kier molecular flexibility index (Phi) is 6.63. The molecule has 0 nitrogen and oxygen atoms in total. The summed E-state index contributed by atoms with van der Waals surface area (Å²) in [5, 5.41) is 7.64. The maximum atomic E-state index is 2.43. The first-order valence-electron chi connectivity index (χ1n) is 17.9. The van der Waals surface area contributed by atoms with E-state index < -0.39 is 0 Å². The van der Waals surface area contributed by atoms with Crippen LogP contribution < -0.4 is 0 Å². The topological polar surface area (TPSA) is 0 Å². The molecule has 51 heavy (non-hydrogen) atoms. The molecule has 1 aliphatic carbocycles. The molecule has 0 radical (unpaired) electrons. The molecular weight excluding hydrogens is 613 g/mol. The van der Waals surface area contributed by atoms with Gasteiger partial charge >= 0.3 is 0 Å². The second kappa shape index (κ2) is 11.4. The highest BCUT2D eigenvalue weighted by Gasteiger charge is 2.36. The fourth-order valence-corrected chi connectivity index (χ4v) is 8.65. The molecule has 0 spiro atoms. The molecule has 0 aliphatic heterocycles. The molecule has 1 aliphatic rings. The Morgan fingerprint density at radius 1 is 0.294 bits per heavy atom. The first-order valence-corrected chi connectivity index (χ1v) is 17.9. The average Bonchev–Trinajstić information content (AvgIpc) is 3.42. The highest BCUT2D eigenvalue weighted by molar-refractivity contribution is 6.21. The van der Waals surface area contributed by atoms with E-state index in [4.69, 9.17) is 0 Å². The Labute approximate surface area is 299 Å². The molecule has 0 heterocycles. The summed E-state index contributed by atoms with van der Waals surface area (Å²) in [4.78, 5) is 0. The predicted molar refractivity (Wildman–Crippen MR) is 218 cm³/mol. The average molecular weight is 649 g/mol. The highest BCUT2D eigenvalue weighted by atomic mass is 14.4. The van der Waals surface area contributed by atoms with Crippen LogP contribution in [0.4, 0.5) is 0 Å². The summed E-state index contributed by atoms with van der Waals surface area (Å²) in [6.45, 7) is 4.74. The van der Waals surface area contributed by atoms with E-state index in [-0.39, 0.29) is 5.41 Å². The third-order valence-electron chi connectivity index (χ3n) is 11.3. The van der Waals surface area contributed by atoms with Gasteiger partial charge in [-0.3, -0.25) is 0 Å². The van der Waals surface area contributed by atoms with Crippen LogP contribution in [0, 0.1) is 0 Å². The van der Waals surface area contributed by atoms with E-state index in [9.17, 15) is 0 Å². The minimum absolute atomic E-state index is 0.0873. The molecule has 9 aromatic carbocycles. The summed E-state index contributed by atoms with van der Waals surface area (Å²) in [6.07, 6.45) is 0. The molecule has 0 heteroatoms. The molecule has 0 saturated carbocycles. The molecule has 0 N–H and O–H groups in total. The molecule has 0 amide bonds. The van der Waals surface area contributed by atoms with Gasteiger partial charge in [-0.05, 0) is 117 Å². The third-order valence-corrected chi connectivity index (χ3v) is 11.3. The van der Waals surface area contributed by atoms with Crippen LogP contribution in [0.2, 0.25) is 0 Å². The van der Waals surface area contributed by atoms with E-state index in [1.54, 1.807) is 0 Å². The standard InChI is InChI=1S/C51H36/c1-51(2)47-31-38(33-12-4-3-5-13-33)26-28-41(47)42-29-27-39(32-48(42)51)35-20-23-36(24-21-35)49-43-16-8-10-18-45(43)50(46-19-11-9-17-44(46)49)40-25-22-34-14-6-7-15-37(34)30-40/h3-32H,1-2H3. The van der Waals surface area contributed by atoms with Gasteiger partial charge in [0.15, 0.2) is 0 Å². The highest BCUT2D eigenvalue weighted by Crippen LogP contribution is 2.51. The van der Waals surface area contributed by atoms with E-state index >= 15 is 0 Å². The van der Waals surface area contributed by atoms with Gasteiger partial charge in [-0.1, -0.05) is 178 Å². The monoisotopic (exact) mass is 648 g/mol. The first-order chi connectivity index (χ1) is 25.0. The van der Waals surface area contributed by atoms with Crippen molar-refractivity contribution in [2.24, 2.45) is 0 Å². The number of rotatable bonds is 4. The molecule has 240 valence electrons. The van der Waals surface area contributed by atoms with Gasteiger partial charge in [0.2, 0.25) is 0 Å². The summed E-state index contributed by atoms with van der Waals surface area (Å²) in [5.74, 6) is 0. The summed E-state index contributed by atoms with van der Waals surface area (Å²) < 4.78 is 0. The van der Waals surface area contributed by atoms with Crippen molar-refractivity contribution >= 4 is 32.3 Å². The van der Waals surface area contributed by atoms with E-state index in [0.29, 0.717) is 0 Å².